The van der Waals surface area contributed by atoms with Gasteiger partial charge in [-0.15, -0.1) is 0 Å². The van der Waals surface area contributed by atoms with Crippen molar-refractivity contribution in [1.29, 1.82) is 0 Å². The molecule has 0 fully saturated rings. The van der Waals surface area contributed by atoms with Crippen LogP contribution in [-0.4, -0.2) is 45.0 Å². The van der Waals surface area contributed by atoms with E-state index in [2.05, 4.69) is 5.32 Å². The molecule has 0 aromatic heterocycles. The highest BCUT2D eigenvalue weighted by Crippen LogP contribution is 2.38. The second kappa shape index (κ2) is 7.59. The molecule has 112 valence electrons. The number of benzene rings is 1. The predicted octanol–water partition coefficient (Wildman–Crippen LogP) is 1.32. The molecule has 6 heteroatoms. The van der Waals surface area contributed by atoms with Crippen LogP contribution in [0.5, 0.6) is 17.2 Å². The van der Waals surface area contributed by atoms with Gasteiger partial charge in [-0.2, -0.15) is 0 Å². The van der Waals surface area contributed by atoms with E-state index in [4.69, 9.17) is 19.3 Å². The highest BCUT2D eigenvalue weighted by atomic mass is 16.5. The number of ether oxygens (including phenoxy) is 3. The molecule has 0 heterocycles. The molecule has 0 amide bonds. The Kier molecular flexibility index (Phi) is 6.11. The topological polar surface area (TPSA) is 77.0 Å². The Balaban J connectivity index is 2.87. The third-order valence-electron chi connectivity index (χ3n) is 2.87. The van der Waals surface area contributed by atoms with Gasteiger partial charge >= 0.3 is 5.97 Å². The Bertz CT molecular complexity index is 436. The van der Waals surface area contributed by atoms with E-state index in [1.165, 1.54) is 0 Å². The van der Waals surface area contributed by atoms with Crippen LogP contribution in [0.3, 0.4) is 0 Å². The molecular formula is C14H21NO5. The summed E-state index contributed by atoms with van der Waals surface area (Å²) in [5.41, 5.74) is 0.977. The highest BCUT2D eigenvalue weighted by Gasteiger charge is 2.14. The summed E-state index contributed by atoms with van der Waals surface area (Å²) >= 11 is 0. The molecule has 1 aromatic rings. The summed E-state index contributed by atoms with van der Waals surface area (Å²) in [6.45, 7) is 1.86. The first-order chi connectivity index (χ1) is 9.51. The van der Waals surface area contributed by atoms with Gasteiger partial charge in [0.05, 0.1) is 27.9 Å². The van der Waals surface area contributed by atoms with Crippen LogP contribution >= 0.6 is 0 Å². The van der Waals surface area contributed by atoms with Crippen LogP contribution < -0.4 is 19.5 Å². The number of carboxylic acids is 1. The molecule has 6 nitrogen and oxygen atoms in total. The lowest BCUT2D eigenvalue weighted by Crippen LogP contribution is -2.32. The summed E-state index contributed by atoms with van der Waals surface area (Å²) in [4.78, 5) is 10.5. The molecule has 1 aromatic carbocycles. The maximum Gasteiger partial charge on any atom is 0.317 e. The van der Waals surface area contributed by atoms with Gasteiger partial charge in [-0.05, 0) is 31.0 Å². The molecule has 0 spiro atoms. The van der Waals surface area contributed by atoms with E-state index in [1.54, 1.807) is 21.3 Å². The number of carboxylic acid groups (broad SMARTS) is 1. The van der Waals surface area contributed by atoms with E-state index < -0.39 is 5.97 Å². The van der Waals surface area contributed by atoms with Crippen LogP contribution in [0.15, 0.2) is 12.1 Å². The molecule has 0 saturated heterocycles. The lowest BCUT2D eigenvalue weighted by Gasteiger charge is -2.16. The van der Waals surface area contributed by atoms with Crippen molar-refractivity contribution in [2.75, 3.05) is 27.9 Å². The zero-order valence-electron chi connectivity index (χ0n) is 12.2. The van der Waals surface area contributed by atoms with Crippen molar-refractivity contribution in [3.8, 4) is 17.2 Å². The zero-order valence-corrected chi connectivity index (χ0v) is 12.2. The zero-order chi connectivity index (χ0) is 15.1. The molecule has 2 N–H and O–H groups in total. The monoisotopic (exact) mass is 283 g/mol. The normalized spacial score (nSPS) is 11.8. The van der Waals surface area contributed by atoms with Crippen molar-refractivity contribution in [3.05, 3.63) is 17.7 Å². The van der Waals surface area contributed by atoms with Gasteiger partial charge in [-0.1, -0.05) is 0 Å². The smallest absolute Gasteiger partial charge is 0.317 e. The van der Waals surface area contributed by atoms with Crippen molar-refractivity contribution in [1.82, 2.24) is 5.32 Å². The standard InChI is InChI=1S/C14H21NO5/c1-9(15-8-13(16)17)5-10-6-11(18-2)14(20-4)12(7-10)19-3/h6-7,9,15H,5,8H2,1-4H3,(H,16,17). The predicted molar refractivity (Wildman–Crippen MR) is 74.9 cm³/mol. The third kappa shape index (κ3) is 4.31. The van der Waals surface area contributed by atoms with Crippen molar-refractivity contribution in [2.24, 2.45) is 0 Å². The van der Waals surface area contributed by atoms with Gasteiger partial charge in [0.25, 0.3) is 0 Å². The molecule has 1 rings (SSSR count). The van der Waals surface area contributed by atoms with E-state index in [0.717, 1.165) is 5.56 Å². The third-order valence-corrected chi connectivity index (χ3v) is 2.87. The molecule has 20 heavy (non-hydrogen) atoms. The fourth-order valence-electron chi connectivity index (χ4n) is 1.94. The van der Waals surface area contributed by atoms with E-state index in [1.807, 2.05) is 19.1 Å². The molecule has 0 aliphatic heterocycles. The lowest BCUT2D eigenvalue weighted by molar-refractivity contribution is -0.136. The first-order valence-electron chi connectivity index (χ1n) is 6.25. The quantitative estimate of drug-likeness (QED) is 0.749. The second-order valence-corrected chi connectivity index (χ2v) is 4.41. The maximum absolute atomic E-state index is 10.5. The van der Waals surface area contributed by atoms with Crippen LogP contribution in [0.25, 0.3) is 0 Å². The van der Waals surface area contributed by atoms with Gasteiger partial charge in [0, 0.05) is 6.04 Å². The van der Waals surface area contributed by atoms with Crippen LogP contribution in [0.2, 0.25) is 0 Å². The first kappa shape index (κ1) is 16.1. The SMILES string of the molecule is COc1cc(CC(C)NCC(=O)O)cc(OC)c1OC. The van der Waals surface area contributed by atoms with Crippen LogP contribution in [-0.2, 0) is 11.2 Å². The van der Waals surface area contributed by atoms with Gasteiger partial charge in [-0.25, -0.2) is 0 Å². The summed E-state index contributed by atoms with van der Waals surface area (Å²) in [7, 11) is 4.68. The summed E-state index contributed by atoms with van der Waals surface area (Å²) in [6.07, 6.45) is 0.657. The average Bonchev–Trinajstić information content (AvgIpc) is 2.43. The summed E-state index contributed by atoms with van der Waals surface area (Å²) in [5, 5.41) is 11.6. The molecule has 1 unspecified atom stereocenters. The molecule has 1 atom stereocenters. The van der Waals surface area contributed by atoms with Crippen molar-refractivity contribution >= 4 is 5.97 Å². The minimum absolute atomic E-state index is 0.0221. The van der Waals surface area contributed by atoms with E-state index in [-0.39, 0.29) is 12.6 Å². The Morgan fingerprint density at radius 2 is 1.75 bits per heavy atom. The van der Waals surface area contributed by atoms with Crippen molar-refractivity contribution in [2.45, 2.75) is 19.4 Å². The fraction of sp³-hybridized carbons (Fsp3) is 0.500. The molecule has 0 saturated carbocycles. The first-order valence-corrected chi connectivity index (χ1v) is 6.25. The van der Waals surface area contributed by atoms with E-state index in [9.17, 15) is 4.79 Å². The number of aliphatic carboxylic acids is 1. The van der Waals surface area contributed by atoms with Gasteiger partial charge in [0.1, 0.15) is 0 Å². The van der Waals surface area contributed by atoms with E-state index in [0.29, 0.717) is 23.7 Å². The summed E-state index contributed by atoms with van der Waals surface area (Å²) in [5.74, 6) is 0.853. The van der Waals surface area contributed by atoms with Gasteiger partial charge in [0.15, 0.2) is 11.5 Å². The number of rotatable bonds is 8. The number of carbonyl (C=O) groups is 1. The summed E-state index contributed by atoms with van der Waals surface area (Å²) in [6, 6.07) is 3.74. The van der Waals surface area contributed by atoms with Crippen molar-refractivity contribution in [3.63, 3.8) is 0 Å². The molecule has 0 aliphatic carbocycles. The second-order valence-electron chi connectivity index (χ2n) is 4.41. The van der Waals surface area contributed by atoms with E-state index >= 15 is 0 Å². The Hall–Kier alpha value is -1.95. The van der Waals surface area contributed by atoms with Gasteiger partial charge in [-0.3, -0.25) is 4.79 Å². The Labute approximate surface area is 118 Å². The molecule has 0 radical (unpaired) electrons. The van der Waals surface area contributed by atoms with Crippen LogP contribution in [0.4, 0.5) is 0 Å². The average molecular weight is 283 g/mol. The summed E-state index contributed by atoms with van der Waals surface area (Å²) < 4.78 is 15.8. The Morgan fingerprint density at radius 1 is 1.20 bits per heavy atom. The number of nitrogens with one attached hydrogen (secondary N) is 1. The maximum atomic E-state index is 10.5. The molecular weight excluding hydrogens is 262 g/mol. The van der Waals surface area contributed by atoms with Crippen molar-refractivity contribution < 1.29 is 24.1 Å². The minimum atomic E-state index is -0.873. The lowest BCUT2D eigenvalue weighted by atomic mass is 10.1. The van der Waals surface area contributed by atoms with Gasteiger partial charge < -0.3 is 24.6 Å². The van der Waals surface area contributed by atoms with Crippen LogP contribution in [0, 0.1) is 0 Å². The molecule has 0 bridgehead atoms. The molecule has 0 aliphatic rings. The fourth-order valence-corrected chi connectivity index (χ4v) is 1.94. The minimum Gasteiger partial charge on any atom is -0.493 e. The number of methoxy groups -OCH3 is 3. The number of hydrogen-bond donors (Lipinski definition) is 2. The van der Waals surface area contributed by atoms with Gasteiger partial charge in [0.2, 0.25) is 5.75 Å². The largest absolute Gasteiger partial charge is 0.493 e. The van der Waals surface area contributed by atoms with Crippen LogP contribution in [0.1, 0.15) is 12.5 Å². The number of hydrogen-bond acceptors (Lipinski definition) is 5. The highest BCUT2D eigenvalue weighted by molar-refractivity contribution is 5.69. The Morgan fingerprint density at radius 3 is 2.15 bits per heavy atom.